The Morgan fingerprint density at radius 1 is 1.38 bits per heavy atom. The van der Waals surface area contributed by atoms with Gasteiger partial charge in [-0.3, -0.25) is 4.79 Å². The molecule has 2 amide bonds. The van der Waals surface area contributed by atoms with E-state index in [1.807, 2.05) is 20.8 Å². The van der Waals surface area contributed by atoms with Gasteiger partial charge < -0.3 is 15.7 Å². The Morgan fingerprint density at radius 3 is 2.48 bits per heavy atom. The van der Waals surface area contributed by atoms with E-state index in [1.165, 1.54) is 18.2 Å². The summed E-state index contributed by atoms with van der Waals surface area (Å²) in [5.41, 5.74) is 0.00260. The number of anilines is 1. The first kappa shape index (κ1) is 17.4. The van der Waals surface area contributed by atoms with Crippen molar-refractivity contribution in [1.29, 1.82) is 0 Å². The van der Waals surface area contributed by atoms with Crippen molar-refractivity contribution >= 4 is 33.6 Å². The van der Waals surface area contributed by atoms with Gasteiger partial charge in [0, 0.05) is 11.7 Å². The highest BCUT2D eigenvalue weighted by atomic mass is 79.9. The summed E-state index contributed by atoms with van der Waals surface area (Å²) in [6.45, 7) is 5.53. The van der Waals surface area contributed by atoms with Crippen LogP contribution in [0.2, 0.25) is 0 Å². The predicted octanol–water partition coefficient (Wildman–Crippen LogP) is 3.60. The first-order valence-electron chi connectivity index (χ1n) is 6.34. The molecule has 0 fully saturated rings. The molecule has 1 aromatic carbocycles. The van der Waals surface area contributed by atoms with E-state index in [1.54, 1.807) is 0 Å². The standard InChI is InChI=1S/C14H18BrFN2O3/c1-14(2,3)11(7-12(19)20)18-13(21)17-8-4-5-10(16)9(15)6-8/h4-6,11H,7H2,1-3H3,(H,19,20)(H2,17,18,21). The summed E-state index contributed by atoms with van der Waals surface area (Å²) in [6, 6.07) is 3.01. The minimum atomic E-state index is -0.986. The molecule has 7 heteroatoms. The number of carboxylic acids is 1. The number of carbonyl (C=O) groups is 2. The smallest absolute Gasteiger partial charge is 0.319 e. The number of halogens is 2. The van der Waals surface area contributed by atoms with Gasteiger partial charge in [0.2, 0.25) is 0 Å². The highest BCUT2D eigenvalue weighted by Gasteiger charge is 2.28. The molecule has 0 saturated heterocycles. The van der Waals surface area contributed by atoms with Gasteiger partial charge >= 0.3 is 12.0 Å². The summed E-state index contributed by atoms with van der Waals surface area (Å²) in [4.78, 5) is 22.8. The predicted molar refractivity (Wildman–Crippen MR) is 81.8 cm³/mol. The van der Waals surface area contributed by atoms with E-state index in [9.17, 15) is 14.0 Å². The molecule has 1 unspecified atom stereocenters. The fourth-order valence-electron chi connectivity index (χ4n) is 1.65. The molecule has 0 aliphatic heterocycles. The number of carboxylic acid groups (broad SMARTS) is 1. The van der Waals surface area contributed by atoms with Crippen LogP contribution in [0.5, 0.6) is 0 Å². The second-order valence-corrected chi connectivity index (χ2v) is 6.60. The molecule has 1 atom stereocenters. The van der Waals surface area contributed by atoms with E-state index in [-0.39, 0.29) is 10.9 Å². The van der Waals surface area contributed by atoms with Gasteiger partial charge in [-0.1, -0.05) is 20.8 Å². The van der Waals surface area contributed by atoms with Gasteiger partial charge in [0.1, 0.15) is 5.82 Å². The van der Waals surface area contributed by atoms with Gasteiger partial charge in [-0.05, 0) is 39.5 Å². The lowest BCUT2D eigenvalue weighted by Gasteiger charge is -2.30. The fourth-order valence-corrected chi connectivity index (χ4v) is 2.03. The fraction of sp³-hybridized carbons (Fsp3) is 0.429. The molecule has 0 aromatic heterocycles. The zero-order chi connectivity index (χ0) is 16.2. The lowest BCUT2D eigenvalue weighted by atomic mass is 9.85. The van der Waals surface area contributed by atoms with Gasteiger partial charge in [0.05, 0.1) is 10.9 Å². The van der Waals surface area contributed by atoms with Gasteiger partial charge in [0.25, 0.3) is 0 Å². The Morgan fingerprint density at radius 2 is 2.00 bits per heavy atom. The van der Waals surface area contributed by atoms with Gasteiger partial charge in [-0.15, -0.1) is 0 Å². The summed E-state index contributed by atoms with van der Waals surface area (Å²) in [6.07, 6.45) is -0.177. The van der Waals surface area contributed by atoms with Crippen molar-refractivity contribution in [2.45, 2.75) is 33.2 Å². The minimum Gasteiger partial charge on any atom is -0.481 e. The third kappa shape index (κ3) is 5.71. The maximum Gasteiger partial charge on any atom is 0.319 e. The molecule has 0 aliphatic carbocycles. The van der Waals surface area contributed by atoms with Crippen LogP contribution >= 0.6 is 15.9 Å². The molecule has 0 bridgehead atoms. The Kier molecular flexibility index (Phi) is 5.71. The van der Waals surface area contributed by atoms with Crippen molar-refractivity contribution in [2.75, 3.05) is 5.32 Å². The van der Waals surface area contributed by atoms with E-state index < -0.39 is 29.3 Å². The summed E-state index contributed by atoms with van der Waals surface area (Å²) in [7, 11) is 0. The Bertz CT molecular complexity index is 544. The van der Waals surface area contributed by atoms with Crippen LogP contribution in [-0.2, 0) is 4.79 Å². The number of nitrogens with one attached hydrogen (secondary N) is 2. The maximum atomic E-state index is 13.1. The van der Waals surface area contributed by atoms with E-state index in [4.69, 9.17) is 5.11 Å². The van der Waals surface area contributed by atoms with E-state index in [2.05, 4.69) is 26.6 Å². The number of aliphatic carboxylic acids is 1. The molecule has 1 rings (SSSR count). The molecule has 3 N–H and O–H groups in total. The van der Waals surface area contributed by atoms with Crippen molar-refractivity contribution in [2.24, 2.45) is 5.41 Å². The van der Waals surface area contributed by atoms with Crippen molar-refractivity contribution in [3.63, 3.8) is 0 Å². The molecule has 0 radical (unpaired) electrons. The first-order chi connectivity index (χ1) is 9.59. The Balaban J connectivity index is 2.73. The van der Waals surface area contributed by atoms with Crippen molar-refractivity contribution < 1.29 is 19.1 Å². The van der Waals surface area contributed by atoms with Crippen LogP contribution in [0, 0.1) is 11.2 Å². The summed E-state index contributed by atoms with van der Waals surface area (Å²) >= 11 is 3.03. The lowest BCUT2D eigenvalue weighted by Crippen LogP contribution is -2.46. The van der Waals surface area contributed by atoms with Crippen LogP contribution in [0.4, 0.5) is 14.9 Å². The second kappa shape index (κ2) is 6.89. The molecule has 0 heterocycles. The third-order valence-electron chi connectivity index (χ3n) is 2.91. The van der Waals surface area contributed by atoms with Crippen LogP contribution in [0.1, 0.15) is 27.2 Å². The number of amides is 2. The molecule has 1 aromatic rings. The largest absolute Gasteiger partial charge is 0.481 e. The number of hydrogen-bond acceptors (Lipinski definition) is 2. The van der Waals surface area contributed by atoms with Crippen molar-refractivity contribution in [3.05, 3.63) is 28.5 Å². The number of hydrogen-bond donors (Lipinski definition) is 3. The molecule has 21 heavy (non-hydrogen) atoms. The number of benzene rings is 1. The van der Waals surface area contributed by atoms with Crippen LogP contribution in [0.15, 0.2) is 22.7 Å². The maximum absolute atomic E-state index is 13.1. The molecular weight excluding hydrogens is 343 g/mol. The summed E-state index contributed by atoms with van der Waals surface area (Å²) < 4.78 is 13.3. The summed E-state index contributed by atoms with van der Waals surface area (Å²) in [5, 5.41) is 14.1. The Labute approximate surface area is 131 Å². The third-order valence-corrected chi connectivity index (χ3v) is 3.51. The molecule has 5 nitrogen and oxygen atoms in total. The zero-order valence-corrected chi connectivity index (χ0v) is 13.6. The molecular formula is C14H18BrFN2O3. The highest BCUT2D eigenvalue weighted by Crippen LogP contribution is 2.23. The number of urea groups is 1. The van der Waals surface area contributed by atoms with Crippen molar-refractivity contribution in [1.82, 2.24) is 5.32 Å². The number of rotatable bonds is 4. The van der Waals surface area contributed by atoms with Crippen LogP contribution < -0.4 is 10.6 Å². The monoisotopic (exact) mass is 360 g/mol. The normalized spacial score (nSPS) is 12.6. The van der Waals surface area contributed by atoms with Crippen LogP contribution in [-0.4, -0.2) is 23.1 Å². The van der Waals surface area contributed by atoms with Gasteiger partial charge in [-0.2, -0.15) is 0 Å². The van der Waals surface area contributed by atoms with Crippen molar-refractivity contribution in [3.8, 4) is 0 Å². The lowest BCUT2D eigenvalue weighted by molar-refractivity contribution is -0.138. The average molecular weight is 361 g/mol. The molecule has 0 saturated carbocycles. The van der Waals surface area contributed by atoms with Crippen LogP contribution in [0.3, 0.4) is 0 Å². The van der Waals surface area contributed by atoms with E-state index in [0.717, 1.165) is 0 Å². The topological polar surface area (TPSA) is 78.4 Å². The SMILES string of the molecule is CC(C)(C)C(CC(=O)O)NC(=O)Nc1ccc(F)c(Br)c1. The molecule has 0 spiro atoms. The van der Waals surface area contributed by atoms with Gasteiger partial charge in [0.15, 0.2) is 0 Å². The van der Waals surface area contributed by atoms with Gasteiger partial charge in [-0.25, -0.2) is 9.18 Å². The zero-order valence-electron chi connectivity index (χ0n) is 12.0. The first-order valence-corrected chi connectivity index (χ1v) is 7.13. The van der Waals surface area contributed by atoms with E-state index >= 15 is 0 Å². The molecule has 0 aliphatic rings. The van der Waals surface area contributed by atoms with Crippen LogP contribution in [0.25, 0.3) is 0 Å². The average Bonchev–Trinajstić information content (AvgIpc) is 2.31. The Hall–Kier alpha value is -1.63. The summed E-state index contributed by atoms with van der Waals surface area (Å²) in [5.74, 6) is -1.42. The molecule has 116 valence electrons. The highest BCUT2D eigenvalue weighted by molar-refractivity contribution is 9.10. The minimum absolute atomic E-state index is 0.177. The quantitative estimate of drug-likeness (QED) is 0.767. The van der Waals surface area contributed by atoms with E-state index in [0.29, 0.717) is 5.69 Å². The number of carbonyl (C=O) groups excluding carboxylic acids is 1. The second-order valence-electron chi connectivity index (χ2n) is 5.74.